The first-order valence-corrected chi connectivity index (χ1v) is 7.30. The second-order valence-electron chi connectivity index (χ2n) is 5.36. The first kappa shape index (κ1) is 15.8. The number of anilines is 3. The van der Waals surface area contributed by atoms with Crippen molar-refractivity contribution in [3.05, 3.63) is 72.9 Å². The molecule has 3 aromatic rings. The van der Waals surface area contributed by atoms with Crippen molar-refractivity contribution in [2.24, 2.45) is 0 Å². The first-order chi connectivity index (χ1) is 10.8. The third kappa shape index (κ3) is 2.91. The number of aromatic nitrogens is 1. The normalized spacial score (nSPS) is 12.4. The summed E-state index contributed by atoms with van der Waals surface area (Å²) in [4.78, 5) is 8.87. The smallest absolute Gasteiger partial charge is 0.397 e. The van der Waals surface area contributed by atoms with E-state index in [1.54, 1.807) is 0 Å². The monoisotopic (exact) mass is 479 g/mol. The second-order valence-corrected chi connectivity index (χ2v) is 5.36. The standard InChI is InChI=1S/C18H15BN3.Pt/c1-21-16-9-5-6-10-17(16)22(19-21)18-12-11-15(13-20-18)14-7-3-2-4-8-14;/h2-13H,1H3;. The van der Waals surface area contributed by atoms with E-state index in [1.807, 2.05) is 24.4 Å². The van der Waals surface area contributed by atoms with Crippen LogP contribution in [0.25, 0.3) is 11.1 Å². The van der Waals surface area contributed by atoms with E-state index in [2.05, 4.69) is 77.7 Å². The summed E-state index contributed by atoms with van der Waals surface area (Å²) in [6.45, 7) is 0. The van der Waals surface area contributed by atoms with Crippen LogP contribution >= 0.6 is 0 Å². The summed E-state index contributed by atoms with van der Waals surface area (Å²) < 4.78 is 0. The molecular weight excluding hydrogens is 464 g/mol. The molecule has 0 aliphatic carbocycles. The van der Waals surface area contributed by atoms with Gasteiger partial charge in [0.2, 0.25) is 0 Å². The molecule has 2 heterocycles. The quantitative estimate of drug-likeness (QED) is 0.521. The molecule has 0 spiro atoms. The van der Waals surface area contributed by atoms with Gasteiger partial charge in [0.1, 0.15) is 5.82 Å². The molecule has 0 atom stereocenters. The van der Waals surface area contributed by atoms with E-state index in [9.17, 15) is 0 Å². The molecular formula is C18H15BN3Pt. The van der Waals surface area contributed by atoms with Gasteiger partial charge in [0.05, 0.1) is 5.69 Å². The zero-order valence-electron chi connectivity index (χ0n) is 12.7. The molecule has 0 unspecified atom stereocenters. The predicted octanol–water partition coefficient (Wildman–Crippen LogP) is 3.87. The molecule has 115 valence electrons. The molecule has 3 nitrogen and oxygen atoms in total. The molecule has 5 heteroatoms. The topological polar surface area (TPSA) is 19.4 Å². The Bertz CT molecular complexity index is 793. The average Bonchev–Trinajstić information content (AvgIpc) is 2.93. The number of hydrogen-bond donors (Lipinski definition) is 0. The summed E-state index contributed by atoms with van der Waals surface area (Å²) in [6, 6.07) is 22.8. The molecule has 23 heavy (non-hydrogen) atoms. The summed E-state index contributed by atoms with van der Waals surface area (Å²) in [5.41, 5.74) is 4.66. The van der Waals surface area contributed by atoms with Crippen LogP contribution in [0.15, 0.2) is 72.9 Å². The molecule has 2 aromatic carbocycles. The average molecular weight is 479 g/mol. The van der Waals surface area contributed by atoms with Crippen molar-refractivity contribution >= 4 is 24.7 Å². The largest absolute Gasteiger partial charge is 0.400 e. The molecule has 4 rings (SSSR count). The molecule has 0 amide bonds. The van der Waals surface area contributed by atoms with Crippen LogP contribution in [-0.4, -0.2) is 19.6 Å². The van der Waals surface area contributed by atoms with Crippen LogP contribution in [0.4, 0.5) is 17.2 Å². The Morgan fingerprint density at radius 3 is 2.17 bits per heavy atom. The Hall–Kier alpha value is -2.06. The van der Waals surface area contributed by atoms with Gasteiger partial charge in [-0.1, -0.05) is 42.5 Å². The fourth-order valence-corrected chi connectivity index (χ4v) is 2.78. The number of rotatable bonds is 2. The number of fused-ring (bicyclic) bond motifs is 1. The summed E-state index contributed by atoms with van der Waals surface area (Å²) in [6.07, 6.45) is 1.93. The Balaban J connectivity index is 0.00000156. The molecule has 1 aliphatic heterocycles. The summed E-state index contributed by atoms with van der Waals surface area (Å²) in [5, 5.41) is 0. The van der Waals surface area contributed by atoms with Crippen molar-refractivity contribution in [3.8, 4) is 11.1 Å². The minimum atomic E-state index is 0. The van der Waals surface area contributed by atoms with Gasteiger partial charge in [-0.3, -0.25) is 0 Å². The van der Waals surface area contributed by atoms with Gasteiger partial charge in [0.15, 0.2) is 0 Å². The summed E-state index contributed by atoms with van der Waals surface area (Å²) in [5.74, 6) is 0.927. The SMILES string of the molecule is CN1[B]N(c2ccc(-c3ccccc3)cn2)c2ccccc21.[Pt]. The minimum absolute atomic E-state index is 0. The van der Waals surface area contributed by atoms with Gasteiger partial charge in [-0.25, -0.2) is 4.98 Å². The Morgan fingerprint density at radius 1 is 0.783 bits per heavy atom. The van der Waals surface area contributed by atoms with E-state index in [0.29, 0.717) is 0 Å². The van der Waals surface area contributed by atoms with Crippen molar-refractivity contribution in [1.29, 1.82) is 0 Å². The van der Waals surface area contributed by atoms with E-state index < -0.39 is 0 Å². The minimum Gasteiger partial charge on any atom is -0.400 e. The second kappa shape index (κ2) is 6.59. The Morgan fingerprint density at radius 2 is 1.48 bits per heavy atom. The van der Waals surface area contributed by atoms with Gasteiger partial charge >= 0.3 is 7.55 Å². The number of pyridine rings is 1. The van der Waals surface area contributed by atoms with E-state index in [4.69, 9.17) is 0 Å². The molecule has 1 aromatic heterocycles. The first-order valence-electron chi connectivity index (χ1n) is 7.30. The van der Waals surface area contributed by atoms with Gasteiger partial charge in [-0.2, -0.15) is 0 Å². The third-order valence-corrected chi connectivity index (χ3v) is 3.91. The summed E-state index contributed by atoms with van der Waals surface area (Å²) in [7, 11) is 4.12. The molecule has 0 saturated heterocycles. The van der Waals surface area contributed by atoms with Crippen LogP contribution in [0.2, 0.25) is 0 Å². The number of benzene rings is 2. The third-order valence-electron chi connectivity index (χ3n) is 3.91. The van der Waals surface area contributed by atoms with Crippen molar-refractivity contribution in [1.82, 2.24) is 4.98 Å². The van der Waals surface area contributed by atoms with Crippen molar-refractivity contribution in [3.63, 3.8) is 0 Å². The number of nitrogens with zero attached hydrogens (tertiary/aromatic N) is 3. The predicted molar refractivity (Wildman–Crippen MR) is 92.4 cm³/mol. The van der Waals surface area contributed by atoms with Crippen LogP contribution in [-0.2, 0) is 21.1 Å². The molecule has 0 N–H and O–H groups in total. The Kier molecular flexibility index (Phi) is 4.54. The van der Waals surface area contributed by atoms with E-state index in [0.717, 1.165) is 17.1 Å². The number of hydrogen-bond acceptors (Lipinski definition) is 3. The maximum absolute atomic E-state index is 4.64. The molecule has 0 saturated carbocycles. The van der Waals surface area contributed by atoms with Crippen molar-refractivity contribution < 1.29 is 21.1 Å². The van der Waals surface area contributed by atoms with Gasteiger partial charge in [-0.15, -0.1) is 0 Å². The van der Waals surface area contributed by atoms with Gasteiger partial charge in [0, 0.05) is 38.5 Å². The van der Waals surface area contributed by atoms with Crippen LogP contribution < -0.4 is 9.62 Å². The van der Waals surface area contributed by atoms with E-state index in [1.165, 1.54) is 11.3 Å². The van der Waals surface area contributed by atoms with E-state index in [-0.39, 0.29) is 21.1 Å². The van der Waals surface area contributed by atoms with Crippen LogP contribution in [0.5, 0.6) is 0 Å². The maximum atomic E-state index is 4.64. The zero-order chi connectivity index (χ0) is 14.9. The fraction of sp³-hybridized carbons (Fsp3) is 0.0556. The summed E-state index contributed by atoms with van der Waals surface area (Å²) >= 11 is 0. The van der Waals surface area contributed by atoms with Gasteiger partial charge in [-0.05, 0) is 36.9 Å². The van der Waals surface area contributed by atoms with Crippen molar-refractivity contribution in [2.45, 2.75) is 0 Å². The number of para-hydroxylation sites is 2. The van der Waals surface area contributed by atoms with Gasteiger partial charge in [0.25, 0.3) is 0 Å². The maximum Gasteiger partial charge on any atom is 0.397 e. The van der Waals surface area contributed by atoms with Crippen LogP contribution in [0, 0.1) is 0 Å². The molecule has 0 fully saturated rings. The fourth-order valence-electron chi connectivity index (χ4n) is 2.78. The molecule has 0 bridgehead atoms. The van der Waals surface area contributed by atoms with E-state index >= 15 is 0 Å². The van der Waals surface area contributed by atoms with Crippen LogP contribution in [0.1, 0.15) is 0 Å². The molecule has 1 aliphatic rings. The van der Waals surface area contributed by atoms with Crippen LogP contribution in [0.3, 0.4) is 0 Å². The Labute approximate surface area is 151 Å². The molecule has 1 radical (unpaired) electrons. The zero-order valence-corrected chi connectivity index (χ0v) is 14.9. The van der Waals surface area contributed by atoms with Crippen molar-refractivity contribution in [2.75, 3.05) is 16.7 Å². The van der Waals surface area contributed by atoms with Gasteiger partial charge < -0.3 is 9.62 Å².